The first-order valence-electron chi connectivity index (χ1n) is 9.78. The molecule has 3 aromatic rings. The number of pyridine rings is 1. The van der Waals surface area contributed by atoms with Gasteiger partial charge >= 0.3 is 0 Å². The summed E-state index contributed by atoms with van der Waals surface area (Å²) >= 11 is 0. The van der Waals surface area contributed by atoms with Crippen LogP contribution in [0, 0.1) is 0 Å². The molecule has 0 spiro atoms. The smallest absolute Gasteiger partial charge is 0.227 e. The highest BCUT2D eigenvalue weighted by molar-refractivity contribution is 7.90. The third-order valence-corrected chi connectivity index (χ3v) is 6.28. The van der Waals surface area contributed by atoms with Gasteiger partial charge in [-0.15, -0.1) is 0 Å². The van der Waals surface area contributed by atoms with Crippen LogP contribution in [0.2, 0.25) is 0 Å². The lowest BCUT2D eigenvalue weighted by atomic mass is 10.1. The first-order valence-corrected chi connectivity index (χ1v) is 11.7. The van der Waals surface area contributed by atoms with Gasteiger partial charge < -0.3 is 9.30 Å². The maximum Gasteiger partial charge on any atom is 0.227 e. The number of hydrogen-bond acceptors (Lipinski definition) is 6. The Balaban J connectivity index is 1.57. The van der Waals surface area contributed by atoms with E-state index >= 15 is 0 Å². The summed E-state index contributed by atoms with van der Waals surface area (Å²) in [5, 5.41) is 2.41. The number of hydrogen-bond donors (Lipinski definition) is 0. The molecule has 3 heterocycles. The van der Waals surface area contributed by atoms with Gasteiger partial charge in [-0.25, -0.2) is 13.4 Å². The van der Waals surface area contributed by atoms with E-state index in [1.807, 2.05) is 29.9 Å². The molecule has 0 unspecified atom stereocenters. The van der Waals surface area contributed by atoms with E-state index in [2.05, 4.69) is 27.0 Å². The van der Waals surface area contributed by atoms with Crippen molar-refractivity contribution in [1.82, 2.24) is 19.4 Å². The number of rotatable bonds is 7. The van der Waals surface area contributed by atoms with Crippen LogP contribution in [0.25, 0.3) is 10.8 Å². The van der Waals surface area contributed by atoms with Crippen LogP contribution in [0.4, 0.5) is 0 Å². The van der Waals surface area contributed by atoms with Gasteiger partial charge in [-0.3, -0.25) is 9.88 Å². The zero-order valence-electron chi connectivity index (χ0n) is 16.8. The lowest BCUT2D eigenvalue weighted by molar-refractivity contribution is 0.0934. The minimum atomic E-state index is -3.41. The molecule has 1 saturated heterocycles. The summed E-state index contributed by atoms with van der Waals surface area (Å²) in [5.41, 5.74) is 2.09. The molecule has 1 fully saturated rings. The van der Waals surface area contributed by atoms with E-state index in [0.29, 0.717) is 13.1 Å². The molecular formula is C21H26N4O3S. The highest BCUT2D eigenvalue weighted by Gasteiger charge is 2.24. The van der Waals surface area contributed by atoms with Gasteiger partial charge in [0, 0.05) is 43.7 Å². The van der Waals surface area contributed by atoms with Crippen LogP contribution in [0.3, 0.4) is 0 Å². The number of sulfone groups is 1. The monoisotopic (exact) mass is 414 g/mol. The van der Waals surface area contributed by atoms with Gasteiger partial charge in [0.15, 0.2) is 0 Å². The van der Waals surface area contributed by atoms with Gasteiger partial charge in [0.1, 0.15) is 0 Å². The molecule has 0 saturated carbocycles. The van der Waals surface area contributed by atoms with Crippen molar-refractivity contribution in [2.75, 3.05) is 19.9 Å². The van der Waals surface area contributed by atoms with E-state index < -0.39 is 9.84 Å². The number of aromatic nitrogens is 3. The molecule has 0 N–H and O–H groups in total. The molecule has 0 amide bonds. The van der Waals surface area contributed by atoms with Crippen molar-refractivity contribution in [2.45, 2.75) is 43.7 Å². The lowest BCUT2D eigenvalue weighted by Crippen LogP contribution is -2.24. The zero-order chi connectivity index (χ0) is 20.4. The molecule has 1 aromatic carbocycles. The van der Waals surface area contributed by atoms with Crippen LogP contribution in [-0.2, 0) is 34.2 Å². The first-order chi connectivity index (χ1) is 13.9. The van der Waals surface area contributed by atoms with Crippen molar-refractivity contribution in [3.63, 3.8) is 0 Å². The predicted octanol–water partition coefficient (Wildman–Crippen LogP) is 2.65. The molecular weight excluding hydrogens is 388 g/mol. The largest absolute Gasteiger partial charge is 0.376 e. The zero-order valence-corrected chi connectivity index (χ0v) is 17.6. The van der Waals surface area contributed by atoms with Crippen LogP contribution in [0.1, 0.15) is 24.1 Å². The summed E-state index contributed by atoms with van der Waals surface area (Å²) in [7, 11) is -1.38. The molecule has 1 aliphatic heterocycles. The van der Waals surface area contributed by atoms with Crippen LogP contribution < -0.4 is 0 Å². The third kappa shape index (κ3) is 4.49. The van der Waals surface area contributed by atoms with Crippen molar-refractivity contribution in [3.05, 3.63) is 54.1 Å². The fraction of sp³-hybridized carbons (Fsp3) is 0.429. The number of benzene rings is 1. The second kappa shape index (κ2) is 8.22. The van der Waals surface area contributed by atoms with Gasteiger partial charge in [-0.2, -0.15) is 0 Å². The molecule has 1 atom stereocenters. The molecule has 29 heavy (non-hydrogen) atoms. The molecule has 4 rings (SSSR count). The van der Waals surface area contributed by atoms with E-state index in [4.69, 9.17) is 4.74 Å². The molecule has 2 aromatic heterocycles. The number of nitrogens with zero attached hydrogens (tertiary/aromatic N) is 4. The van der Waals surface area contributed by atoms with Gasteiger partial charge in [0.25, 0.3) is 0 Å². The van der Waals surface area contributed by atoms with Crippen molar-refractivity contribution in [3.8, 4) is 0 Å². The van der Waals surface area contributed by atoms with Crippen LogP contribution in [-0.4, -0.2) is 53.9 Å². The maximum atomic E-state index is 12.2. The Morgan fingerprint density at radius 1 is 1.24 bits per heavy atom. The van der Waals surface area contributed by atoms with E-state index in [9.17, 15) is 8.42 Å². The maximum absolute atomic E-state index is 12.2. The predicted molar refractivity (Wildman–Crippen MR) is 111 cm³/mol. The first kappa shape index (κ1) is 20.0. The Morgan fingerprint density at radius 2 is 2.10 bits per heavy atom. The van der Waals surface area contributed by atoms with Crippen molar-refractivity contribution >= 4 is 20.6 Å². The average Bonchev–Trinajstić information content (AvgIpc) is 3.33. The van der Waals surface area contributed by atoms with E-state index in [0.717, 1.165) is 37.1 Å². The second-order valence-corrected chi connectivity index (χ2v) is 9.65. The fourth-order valence-electron chi connectivity index (χ4n) is 3.95. The van der Waals surface area contributed by atoms with Crippen LogP contribution in [0.15, 0.2) is 48.0 Å². The Kier molecular flexibility index (Phi) is 5.67. The highest BCUT2D eigenvalue weighted by atomic mass is 32.2. The van der Waals surface area contributed by atoms with Crippen molar-refractivity contribution < 1.29 is 13.2 Å². The highest BCUT2D eigenvalue weighted by Crippen LogP contribution is 2.22. The summed E-state index contributed by atoms with van der Waals surface area (Å²) in [5.74, 6) is 0. The summed E-state index contributed by atoms with van der Waals surface area (Å²) in [6.07, 6.45) is 8.56. The Labute approximate surface area is 171 Å². The third-order valence-electron chi connectivity index (χ3n) is 5.29. The standard InChI is InChI=1S/C21H26N4O3S/c1-24(13-17-6-3-5-16-11-22-9-8-20(16)17)14-18-12-23-21(29(2,26)27)25(18)15-19-7-4-10-28-19/h3,5-6,8-9,11-12,19H,4,7,10,13-15H2,1-2H3/t19-/m1/s1. The van der Waals surface area contributed by atoms with E-state index in [-0.39, 0.29) is 11.3 Å². The summed E-state index contributed by atoms with van der Waals surface area (Å²) < 4.78 is 32.0. The van der Waals surface area contributed by atoms with Crippen LogP contribution >= 0.6 is 0 Å². The number of imidazole rings is 1. The van der Waals surface area contributed by atoms with Crippen molar-refractivity contribution in [1.29, 1.82) is 0 Å². The molecule has 1 aliphatic rings. The molecule has 7 nitrogen and oxygen atoms in total. The Hall–Kier alpha value is -2.29. The Bertz CT molecular complexity index is 1100. The topological polar surface area (TPSA) is 77.3 Å². The van der Waals surface area contributed by atoms with E-state index in [1.54, 1.807) is 12.4 Å². The summed E-state index contributed by atoms with van der Waals surface area (Å²) in [6.45, 7) is 2.58. The van der Waals surface area contributed by atoms with Gasteiger partial charge in [0.05, 0.1) is 24.5 Å². The average molecular weight is 415 g/mol. The summed E-state index contributed by atoms with van der Waals surface area (Å²) in [6, 6.07) is 8.24. The van der Waals surface area contributed by atoms with Gasteiger partial charge in [0.2, 0.25) is 15.0 Å². The normalized spacial score (nSPS) is 17.4. The van der Waals surface area contributed by atoms with E-state index in [1.165, 1.54) is 17.2 Å². The minimum Gasteiger partial charge on any atom is -0.376 e. The molecule has 0 aliphatic carbocycles. The summed E-state index contributed by atoms with van der Waals surface area (Å²) in [4.78, 5) is 10.6. The molecule has 154 valence electrons. The molecule has 0 bridgehead atoms. The Morgan fingerprint density at radius 3 is 2.86 bits per heavy atom. The molecule has 0 radical (unpaired) electrons. The lowest BCUT2D eigenvalue weighted by Gasteiger charge is -2.20. The second-order valence-electron chi connectivity index (χ2n) is 7.74. The fourth-order valence-corrected chi connectivity index (χ4v) is 4.79. The number of fused-ring (bicyclic) bond motifs is 1. The number of ether oxygens (including phenoxy) is 1. The van der Waals surface area contributed by atoms with Crippen molar-refractivity contribution in [2.24, 2.45) is 0 Å². The SMILES string of the molecule is CN(Cc1cccc2cnccc12)Cc1cnc(S(C)(=O)=O)n1C[C@H]1CCCO1. The van der Waals surface area contributed by atoms with Crippen LogP contribution in [0.5, 0.6) is 0 Å². The quantitative estimate of drug-likeness (QED) is 0.592. The van der Waals surface area contributed by atoms with Gasteiger partial charge in [-0.1, -0.05) is 18.2 Å². The van der Waals surface area contributed by atoms with Gasteiger partial charge in [-0.05, 0) is 36.9 Å². The molecule has 8 heteroatoms. The minimum absolute atomic E-state index is 0.0410.